The van der Waals surface area contributed by atoms with Crippen LogP contribution in [0.25, 0.3) is 0 Å². The second kappa shape index (κ2) is 7.75. The molecule has 2 unspecified atom stereocenters. The van der Waals surface area contributed by atoms with Gasteiger partial charge >= 0.3 is 0 Å². The molecule has 20 heavy (non-hydrogen) atoms. The van der Waals surface area contributed by atoms with Crippen LogP contribution in [-0.2, 0) is 4.74 Å². The van der Waals surface area contributed by atoms with Crippen LogP contribution in [0.15, 0.2) is 12.1 Å². The molecule has 3 heteroatoms. The van der Waals surface area contributed by atoms with E-state index in [-0.39, 0.29) is 0 Å². The van der Waals surface area contributed by atoms with E-state index in [9.17, 15) is 0 Å². The van der Waals surface area contributed by atoms with Gasteiger partial charge in [0.25, 0.3) is 0 Å². The third kappa shape index (κ3) is 4.57. The minimum Gasteiger partial charge on any atom is -0.378 e. The summed E-state index contributed by atoms with van der Waals surface area (Å²) in [6.07, 6.45) is 6.40. The maximum Gasteiger partial charge on any atom is 0.0576 e. The van der Waals surface area contributed by atoms with E-state index in [4.69, 9.17) is 4.74 Å². The monoisotopic (exact) mass is 276 g/mol. The summed E-state index contributed by atoms with van der Waals surface area (Å²) in [5, 5.41) is 3.68. The smallest absolute Gasteiger partial charge is 0.0576 e. The fourth-order valence-corrected chi connectivity index (χ4v) is 3.00. The molecule has 1 aromatic rings. The van der Waals surface area contributed by atoms with Crippen molar-refractivity contribution in [2.45, 2.75) is 65.0 Å². The Morgan fingerprint density at radius 3 is 2.70 bits per heavy atom. The highest BCUT2D eigenvalue weighted by molar-refractivity contribution is 5.23. The third-order valence-corrected chi connectivity index (χ3v) is 3.95. The van der Waals surface area contributed by atoms with Crippen molar-refractivity contribution in [1.82, 2.24) is 10.3 Å². The Labute approximate surface area is 123 Å². The van der Waals surface area contributed by atoms with Crippen molar-refractivity contribution in [3.05, 3.63) is 29.1 Å². The standard InChI is InChI=1S/C17H28N2O/c1-4-9-18-17(8-7-16-6-5-10-20-16)15-11-13(2)19-14(3)12-15/h11-12,16-18H,4-10H2,1-3H3. The molecule has 1 aliphatic heterocycles. The molecular weight excluding hydrogens is 248 g/mol. The van der Waals surface area contributed by atoms with E-state index in [0.717, 1.165) is 37.4 Å². The molecule has 0 radical (unpaired) electrons. The van der Waals surface area contributed by atoms with Gasteiger partial charge in [-0.3, -0.25) is 4.98 Å². The molecule has 0 aliphatic carbocycles. The van der Waals surface area contributed by atoms with Crippen LogP contribution in [0.4, 0.5) is 0 Å². The number of hydrogen-bond acceptors (Lipinski definition) is 3. The Morgan fingerprint density at radius 2 is 2.10 bits per heavy atom. The maximum absolute atomic E-state index is 5.75. The van der Waals surface area contributed by atoms with Crippen LogP contribution in [0.1, 0.15) is 62.0 Å². The molecule has 0 amide bonds. The largest absolute Gasteiger partial charge is 0.378 e. The normalized spacial score (nSPS) is 20.2. The van der Waals surface area contributed by atoms with E-state index in [1.807, 2.05) is 0 Å². The minimum atomic E-state index is 0.430. The van der Waals surface area contributed by atoms with Crippen molar-refractivity contribution in [2.75, 3.05) is 13.2 Å². The van der Waals surface area contributed by atoms with Crippen LogP contribution in [0, 0.1) is 13.8 Å². The van der Waals surface area contributed by atoms with Crippen LogP contribution in [-0.4, -0.2) is 24.2 Å². The topological polar surface area (TPSA) is 34.1 Å². The van der Waals surface area contributed by atoms with Crippen LogP contribution in [0.2, 0.25) is 0 Å². The molecule has 1 saturated heterocycles. The number of hydrogen-bond donors (Lipinski definition) is 1. The summed E-state index contributed by atoms with van der Waals surface area (Å²) in [5.41, 5.74) is 3.60. The zero-order valence-corrected chi connectivity index (χ0v) is 13.1. The predicted octanol–water partition coefficient (Wildman–Crippen LogP) is 3.70. The Morgan fingerprint density at radius 1 is 1.35 bits per heavy atom. The van der Waals surface area contributed by atoms with Crippen molar-refractivity contribution in [3.8, 4) is 0 Å². The number of ether oxygens (including phenoxy) is 1. The van der Waals surface area contributed by atoms with E-state index >= 15 is 0 Å². The number of pyridine rings is 1. The van der Waals surface area contributed by atoms with E-state index in [1.165, 1.54) is 24.8 Å². The van der Waals surface area contributed by atoms with Gasteiger partial charge in [0, 0.05) is 24.0 Å². The molecule has 0 aromatic carbocycles. The van der Waals surface area contributed by atoms with Crippen LogP contribution < -0.4 is 5.32 Å². The Bertz CT molecular complexity index is 393. The first-order valence-electron chi connectivity index (χ1n) is 7.99. The van der Waals surface area contributed by atoms with Gasteiger partial charge < -0.3 is 10.1 Å². The van der Waals surface area contributed by atoms with Gasteiger partial charge in [-0.2, -0.15) is 0 Å². The van der Waals surface area contributed by atoms with Gasteiger partial charge in [0.1, 0.15) is 0 Å². The second-order valence-electron chi connectivity index (χ2n) is 5.90. The molecular formula is C17H28N2O. The van der Waals surface area contributed by atoms with Gasteiger partial charge in [0.15, 0.2) is 0 Å². The summed E-state index contributed by atoms with van der Waals surface area (Å²) < 4.78 is 5.75. The van der Waals surface area contributed by atoms with Crippen molar-refractivity contribution in [1.29, 1.82) is 0 Å². The molecule has 2 heterocycles. The van der Waals surface area contributed by atoms with Gasteiger partial charge in [-0.05, 0) is 70.2 Å². The van der Waals surface area contributed by atoms with Gasteiger partial charge in [-0.1, -0.05) is 6.92 Å². The number of nitrogens with zero attached hydrogens (tertiary/aromatic N) is 1. The summed E-state index contributed by atoms with van der Waals surface area (Å²) in [6, 6.07) is 4.87. The zero-order chi connectivity index (χ0) is 14.4. The third-order valence-electron chi connectivity index (χ3n) is 3.95. The molecule has 0 bridgehead atoms. The number of aryl methyl sites for hydroxylation is 2. The van der Waals surface area contributed by atoms with Gasteiger partial charge in [-0.25, -0.2) is 0 Å². The quantitative estimate of drug-likeness (QED) is 0.824. The fourth-order valence-electron chi connectivity index (χ4n) is 3.00. The highest BCUT2D eigenvalue weighted by Gasteiger charge is 2.19. The Balaban J connectivity index is 2.00. The SMILES string of the molecule is CCCNC(CCC1CCCO1)c1cc(C)nc(C)c1. The number of aromatic nitrogens is 1. The average molecular weight is 276 g/mol. The number of nitrogens with one attached hydrogen (secondary N) is 1. The lowest BCUT2D eigenvalue weighted by molar-refractivity contribution is 0.0996. The average Bonchev–Trinajstić information content (AvgIpc) is 2.91. The lowest BCUT2D eigenvalue weighted by Gasteiger charge is -2.21. The molecule has 0 spiro atoms. The number of rotatable bonds is 7. The molecule has 1 aliphatic rings. The molecule has 0 saturated carbocycles. The van der Waals surface area contributed by atoms with Gasteiger partial charge in [0.2, 0.25) is 0 Å². The molecule has 1 fully saturated rings. The van der Waals surface area contributed by atoms with E-state index in [1.54, 1.807) is 0 Å². The van der Waals surface area contributed by atoms with Crippen molar-refractivity contribution in [2.24, 2.45) is 0 Å². The lowest BCUT2D eigenvalue weighted by Crippen LogP contribution is -2.24. The van der Waals surface area contributed by atoms with Gasteiger partial charge in [0.05, 0.1) is 6.10 Å². The van der Waals surface area contributed by atoms with Gasteiger partial charge in [-0.15, -0.1) is 0 Å². The van der Waals surface area contributed by atoms with Crippen molar-refractivity contribution >= 4 is 0 Å². The Hall–Kier alpha value is -0.930. The molecule has 112 valence electrons. The van der Waals surface area contributed by atoms with E-state index in [2.05, 4.69) is 43.2 Å². The molecule has 1 aromatic heterocycles. The first-order chi connectivity index (χ1) is 9.69. The van der Waals surface area contributed by atoms with E-state index < -0.39 is 0 Å². The van der Waals surface area contributed by atoms with Crippen LogP contribution in [0.3, 0.4) is 0 Å². The zero-order valence-electron chi connectivity index (χ0n) is 13.1. The van der Waals surface area contributed by atoms with Crippen LogP contribution >= 0.6 is 0 Å². The summed E-state index contributed by atoms with van der Waals surface area (Å²) in [6.45, 7) is 8.38. The van der Waals surface area contributed by atoms with Crippen molar-refractivity contribution < 1.29 is 4.74 Å². The maximum atomic E-state index is 5.75. The minimum absolute atomic E-state index is 0.430. The lowest BCUT2D eigenvalue weighted by atomic mass is 9.98. The first kappa shape index (κ1) is 15.5. The predicted molar refractivity (Wildman–Crippen MR) is 83.0 cm³/mol. The fraction of sp³-hybridized carbons (Fsp3) is 0.706. The van der Waals surface area contributed by atoms with E-state index in [0.29, 0.717) is 12.1 Å². The molecule has 1 N–H and O–H groups in total. The van der Waals surface area contributed by atoms with Crippen molar-refractivity contribution in [3.63, 3.8) is 0 Å². The first-order valence-corrected chi connectivity index (χ1v) is 7.99. The molecule has 2 rings (SSSR count). The summed E-state index contributed by atoms with van der Waals surface area (Å²) in [4.78, 5) is 4.48. The Kier molecular flexibility index (Phi) is 5.99. The van der Waals surface area contributed by atoms with Crippen LogP contribution in [0.5, 0.6) is 0 Å². The second-order valence-corrected chi connectivity index (χ2v) is 5.90. The summed E-state index contributed by atoms with van der Waals surface area (Å²) in [5.74, 6) is 0. The molecule has 3 nitrogen and oxygen atoms in total. The highest BCUT2D eigenvalue weighted by atomic mass is 16.5. The summed E-state index contributed by atoms with van der Waals surface area (Å²) in [7, 11) is 0. The molecule has 2 atom stereocenters. The summed E-state index contributed by atoms with van der Waals surface area (Å²) >= 11 is 0. The highest BCUT2D eigenvalue weighted by Crippen LogP contribution is 2.25.